The number of amides is 2. The van der Waals surface area contributed by atoms with Crippen molar-refractivity contribution < 1.29 is 14.3 Å². The molecule has 3 rings (SSSR count). The molecule has 1 aliphatic heterocycles. The summed E-state index contributed by atoms with van der Waals surface area (Å²) in [6, 6.07) is 13.2. The molecule has 2 N–H and O–H groups in total. The van der Waals surface area contributed by atoms with Crippen molar-refractivity contribution in [3.8, 4) is 11.5 Å². The van der Waals surface area contributed by atoms with Crippen molar-refractivity contribution in [2.45, 2.75) is 110 Å². The number of rotatable bonds is 21. The van der Waals surface area contributed by atoms with Crippen LogP contribution in [0.15, 0.2) is 53.6 Å². The predicted molar refractivity (Wildman–Crippen MR) is 190 cm³/mol. The second-order valence-corrected chi connectivity index (χ2v) is 12.5. The van der Waals surface area contributed by atoms with Crippen molar-refractivity contribution >= 4 is 46.1 Å². The van der Waals surface area contributed by atoms with Crippen LogP contribution < -0.4 is 20.1 Å². The smallest absolute Gasteiger partial charge is 0.323 e. The SMILES string of the molecule is Br.CCCCCCCCCCCCCCCCOc1cc(NC(=O)Nc2cccc(CN3C=C(C)SC3)c2)ccc1OC. The Bertz CT molecular complexity index is 1100. The molecule has 0 aliphatic carbocycles. The monoisotopic (exact) mass is 675 g/mol. The average Bonchev–Trinajstić information content (AvgIpc) is 3.39. The topological polar surface area (TPSA) is 62.8 Å². The van der Waals surface area contributed by atoms with E-state index < -0.39 is 0 Å². The van der Waals surface area contributed by atoms with Crippen LogP contribution in [0.5, 0.6) is 11.5 Å². The van der Waals surface area contributed by atoms with Crippen LogP contribution in [0.3, 0.4) is 0 Å². The lowest BCUT2D eigenvalue weighted by atomic mass is 10.0. The zero-order valence-electron chi connectivity index (χ0n) is 26.6. The minimum absolute atomic E-state index is 0. The highest BCUT2D eigenvalue weighted by atomic mass is 79.9. The summed E-state index contributed by atoms with van der Waals surface area (Å²) in [7, 11) is 1.64. The molecule has 6 nitrogen and oxygen atoms in total. The van der Waals surface area contributed by atoms with Crippen LogP contribution in [-0.2, 0) is 6.54 Å². The summed E-state index contributed by atoms with van der Waals surface area (Å²) in [4.78, 5) is 16.3. The van der Waals surface area contributed by atoms with Crippen molar-refractivity contribution in [1.82, 2.24) is 4.90 Å². The summed E-state index contributed by atoms with van der Waals surface area (Å²) < 4.78 is 11.5. The molecule has 0 fully saturated rings. The number of nitrogens with zero attached hydrogens (tertiary/aromatic N) is 1. The molecular formula is C35H54BrN3O3S. The number of hydrogen-bond acceptors (Lipinski definition) is 5. The van der Waals surface area contributed by atoms with Gasteiger partial charge in [-0.2, -0.15) is 0 Å². The molecule has 2 amide bonds. The van der Waals surface area contributed by atoms with Gasteiger partial charge >= 0.3 is 6.03 Å². The van der Waals surface area contributed by atoms with E-state index in [1.165, 1.54) is 88.4 Å². The molecule has 0 spiro atoms. The molecule has 2 aromatic carbocycles. The lowest BCUT2D eigenvalue weighted by Gasteiger charge is -2.16. The van der Waals surface area contributed by atoms with E-state index in [0.29, 0.717) is 23.8 Å². The molecule has 240 valence electrons. The van der Waals surface area contributed by atoms with Crippen molar-refractivity contribution in [3.05, 3.63) is 59.1 Å². The van der Waals surface area contributed by atoms with Gasteiger partial charge in [0.1, 0.15) is 0 Å². The van der Waals surface area contributed by atoms with Crippen LogP contribution >= 0.6 is 28.7 Å². The Hall–Kier alpha value is -2.32. The van der Waals surface area contributed by atoms with Crippen LogP contribution in [0.25, 0.3) is 0 Å². The number of anilines is 2. The van der Waals surface area contributed by atoms with Crippen LogP contribution in [0, 0.1) is 0 Å². The molecule has 2 aromatic rings. The molecule has 0 bridgehead atoms. The van der Waals surface area contributed by atoms with Gasteiger partial charge in [0.15, 0.2) is 11.5 Å². The normalized spacial score (nSPS) is 12.4. The second-order valence-electron chi connectivity index (χ2n) is 11.3. The summed E-state index contributed by atoms with van der Waals surface area (Å²) in [6.45, 7) is 5.87. The van der Waals surface area contributed by atoms with Gasteiger partial charge in [-0.25, -0.2) is 4.79 Å². The first-order chi connectivity index (χ1) is 20.6. The molecule has 0 saturated heterocycles. The van der Waals surface area contributed by atoms with Gasteiger partial charge < -0.3 is 25.0 Å². The first-order valence-electron chi connectivity index (χ1n) is 16.1. The fourth-order valence-electron chi connectivity index (χ4n) is 5.23. The third kappa shape index (κ3) is 15.3. The number of hydrogen-bond donors (Lipinski definition) is 2. The minimum atomic E-state index is -0.289. The Kier molecular flexibility index (Phi) is 19.1. The number of nitrogens with one attached hydrogen (secondary N) is 2. The second kappa shape index (κ2) is 22.2. The standard InChI is InChI=1S/C35H53N3O3S.BrH/c1-4-5-6-7-8-9-10-11-12-13-14-15-16-17-23-41-34-25-32(21-22-33(34)40-3)37-35(39)36-31-20-18-19-30(24-31)27-38-26-29(2)42-28-38;/h18-22,24-26H,4-17,23,27-28H2,1-3H3,(H2,36,37,39);1H. The van der Waals surface area contributed by atoms with Crippen molar-refractivity contribution in [3.63, 3.8) is 0 Å². The number of benzene rings is 2. The minimum Gasteiger partial charge on any atom is -0.493 e. The lowest BCUT2D eigenvalue weighted by Crippen LogP contribution is -2.20. The summed E-state index contributed by atoms with van der Waals surface area (Å²) in [5.41, 5.74) is 2.58. The first-order valence-corrected chi connectivity index (χ1v) is 17.1. The summed E-state index contributed by atoms with van der Waals surface area (Å²) >= 11 is 1.85. The van der Waals surface area contributed by atoms with Gasteiger partial charge in [0, 0.05) is 30.2 Å². The number of unbranched alkanes of at least 4 members (excludes halogenated alkanes) is 13. The van der Waals surface area contributed by atoms with E-state index in [1.54, 1.807) is 7.11 Å². The Labute approximate surface area is 275 Å². The van der Waals surface area contributed by atoms with Crippen molar-refractivity contribution in [1.29, 1.82) is 0 Å². The number of methoxy groups -OCH3 is 1. The van der Waals surface area contributed by atoms with Crippen LogP contribution in [-0.4, -0.2) is 30.5 Å². The van der Waals surface area contributed by atoms with E-state index in [2.05, 4.69) is 41.6 Å². The fourth-order valence-corrected chi connectivity index (χ4v) is 5.99. The van der Waals surface area contributed by atoms with E-state index >= 15 is 0 Å². The van der Waals surface area contributed by atoms with E-state index in [0.717, 1.165) is 30.1 Å². The molecule has 0 aromatic heterocycles. The molecule has 0 atom stereocenters. The maximum Gasteiger partial charge on any atom is 0.323 e. The lowest BCUT2D eigenvalue weighted by molar-refractivity contribution is 0.262. The van der Waals surface area contributed by atoms with Crippen molar-refractivity contribution in [2.24, 2.45) is 0 Å². The number of urea groups is 1. The third-order valence-electron chi connectivity index (χ3n) is 7.57. The van der Waals surface area contributed by atoms with Gasteiger partial charge in [-0.3, -0.25) is 0 Å². The first kappa shape index (κ1) is 36.9. The molecule has 0 radical (unpaired) electrons. The number of halogens is 1. The van der Waals surface area contributed by atoms with Crippen LogP contribution in [0.4, 0.5) is 16.2 Å². The van der Waals surface area contributed by atoms with E-state index in [9.17, 15) is 4.79 Å². The van der Waals surface area contributed by atoms with E-state index in [-0.39, 0.29) is 23.0 Å². The highest BCUT2D eigenvalue weighted by molar-refractivity contribution is 8.93. The van der Waals surface area contributed by atoms with Crippen molar-refractivity contribution in [2.75, 3.05) is 30.2 Å². The van der Waals surface area contributed by atoms with Crippen LogP contribution in [0.1, 0.15) is 109 Å². The zero-order chi connectivity index (χ0) is 29.8. The number of carbonyl (C=O) groups excluding carboxylic acids is 1. The Balaban J connectivity index is 0.00000645. The summed E-state index contributed by atoms with van der Waals surface area (Å²) in [5, 5.41) is 5.88. The fraction of sp³-hybridized carbons (Fsp3) is 0.571. The van der Waals surface area contributed by atoms with Gasteiger partial charge in [0.25, 0.3) is 0 Å². The molecule has 0 saturated carbocycles. The van der Waals surface area contributed by atoms with Gasteiger partial charge in [0.05, 0.1) is 19.6 Å². The number of allylic oxidation sites excluding steroid dienone is 1. The van der Waals surface area contributed by atoms with E-state index in [4.69, 9.17) is 9.47 Å². The molecule has 8 heteroatoms. The molecule has 1 aliphatic rings. The Morgan fingerprint density at radius 3 is 2.00 bits per heavy atom. The third-order valence-corrected chi connectivity index (χ3v) is 8.59. The van der Waals surface area contributed by atoms with Gasteiger partial charge in [-0.1, -0.05) is 103 Å². The number of ether oxygens (including phenoxy) is 2. The van der Waals surface area contributed by atoms with Gasteiger partial charge in [0.2, 0.25) is 0 Å². The molecule has 43 heavy (non-hydrogen) atoms. The molecule has 1 heterocycles. The summed E-state index contributed by atoms with van der Waals surface area (Å²) in [6.07, 6.45) is 20.8. The maximum absolute atomic E-state index is 12.7. The predicted octanol–water partition coefficient (Wildman–Crippen LogP) is 11.1. The largest absolute Gasteiger partial charge is 0.493 e. The summed E-state index contributed by atoms with van der Waals surface area (Å²) in [5.74, 6) is 2.29. The van der Waals surface area contributed by atoms with Gasteiger partial charge in [-0.05, 0) is 48.1 Å². The number of carbonyl (C=O) groups is 1. The van der Waals surface area contributed by atoms with E-state index in [1.807, 2.05) is 48.2 Å². The highest BCUT2D eigenvalue weighted by Gasteiger charge is 2.12. The number of thioether (sulfide) groups is 1. The highest BCUT2D eigenvalue weighted by Crippen LogP contribution is 2.31. The molecule has 0 unspecified atom stereocenters. The van der Waals surface area contributed by atoms with Gasteiger partial charge in [-0.15, -0.1) is 28.7 Å². The average molecular weight is 677 g/mol. The Morgan fingerprint density at radius 2 is 1.42 bits per heavy atom. The Morgan fingerprint density at radius 1 is 0.814 bits per heavy atom. The molecular weight excluding hydrogens is 622 g/mol. The zero-order valence-corrected chi connectivity index (χ0v) is 29.2. The quantitative estimate of drug-likeness (QED) is 0.129. The van der Waals surface area contributed by atoms with Crippen LogP contribution in [0.2, 0.25) is 0 Å². The maximum atomic E-state index is 12.7.